The van der Waals surface area contributed by atoms with Crippen molar-refractivity contribution in [2.24, 2.45) is 0 Å². The lowest BCUT2D eigenvalue weighted by atomic mass is 10.1. The number of hydrogen-bond donors (Lipinski definition) is 0. The lowest BCUT2D eigenvalue weighted by Crippen LogP contribution is -2.27. The second-order valence-corrected chi connectivity index (χ2v) is 6.28. The van der Waals surface area contributed by atoms with Crippen molar-refractivity contribution >= 4 is 5.69 Å². The second-order valence-electron chi connectivity index (χ2n) is 6.28. The molecule has 0 atom stereocenters. The van der Waals surface area contributed by atoms with Crippen LogP contribution in [0, 0.1) is 23.3 Å². The van der Waals surface area contributed by atoms with Crippen molar-refractivity contribution in [1.82, 2.24) is 0 Å². The van der Waals surface area contributed by atoms with Crippen LogP contribution >= 0.6 is 0 Å². The van der Waals surface area contributed by atoms with Gasteiger partial charge in [0.1, 0.15) is 0 Å². The standard InChI is InChI=1S/C19H29F4N/c1-3-5-7-8-9-10-11-13-24(12-6-4-2)16-14-15(20)17(21)19(23)18(16)22/h14H,3-13H2,1-2H3. The first-order chi connectivity index (χ1) is 11.5. The van der Waals surface area contributed by atoms with Crippen molar-refractivity contribution in [3.8, 4) is 0 Å². The van der Waals surface area contributed by atoms with Gasteiger partial charge in [0.05, 0.1) is 5.69 Å². The summed E-state index contributed by atoms with van der Waals surface area (Å²) in [5, 5.41) is 0. The average Bonchev–Trinajstić information content (AvgIpc) is 2.58. The first kappa shape index (κ1) is 20.8. The predicted octanol–water partition coefficient (Wildman–Crippen LogP) is 6.60. The summed E-state index contributed by atoms with van der Waals surface area (Å²) in [6.45, 7) is 5.19. The van der Waals surface area contributed by atoms with Crippen LogP contribution in [0.5, 0.6) is 0 Å². The Balaban J connectivity index is 2.65. The minimum absolute atomic E-state index is 0.175. The molecule has 0 saturated heterocycles. The molecule has 0 aromatic heterocycles. The Kier molecular flexibility index (Phi) is 9.80. The van der Waals surface area contributed by atoms with Gasteiger partial charge in [0.2, 0.25) is 0 Å². The van der Waals surface area contributed by atoms with Gasteiger partial charge in [0, 0.05) is 19.2 Å². The fourth-order valence-corrected chi connectivity index (χ4v) is 2.75. The molecule has 0 aliphatic rings. The van der Waals surface area contributed by atoms with Crippen LogP contribution < -0.4 is 4.90 Å². The van der Waals surface area contributed by atoms with E-state index in [2.05, 4.69) is 6.92 Å². The number of halogens is 4. The molecule has 1 aromatic rings. The molecule has 1 nitrogen and oxygen atoms in total. The summed E-state index contributed by atoms with van der Waals surface area (Å²) in [5.74, 6) is -6.12. The summed E-state index contributed by atoms with van der Waals surface area (Å²) in [5.41, 5.74) is -0.175. The maximum Gasteiger partial charge on any atom is 0.199 e. The zero-order valence-corrected chi connectivity index (χ0v) is 14.8. The minimum atomic E-state index is -1.75. The Bertz CT molecular complexity index is 491. The Hall–Kier alpha value is -1.26. The number of unbranched alkanes of at least 4 members (excludes halogenated alkanes) is 7. The monoisotopic (exact) mass is 347 g/mol. The van der Waals surface area contributed by atoms with Crippen molar-refractivity contribution in [3.63, 3.8) is 0 Å². The zero-order chi connectivity index (χ0) is 17.9. The maximum absolute atomic E-state index is 14.0. The van der Waals surface area contributed by atoms with Crippen molar-refractivity contribution in [1.29, 1.82) is 0 Å². The highest BCUT2D eigenvalue weighted by Crippen LogP contribution is 2.27. The number of rotatable bonds is 12. The van der Waals surface area contributed by atoms with Gasteiger partial charge in [-0.1, -0.05) is 58.8 Å². The van der Waals surface area contributed by atoms with Crippen LogP contribution in [-0.4, -0.2) is 13.1 Å². The molecule has 0 unspecified atom stereocenters. The summed E-state index contributed by atoms with van der Waals surface area (Å²) >= 11 is 0. The third kappa shape index (κ3) is 6.33. The number of anilines is 1. The first-order valence-corrected chi connectivity index (χ1v) is 9.10. The second kappa shape index (κ2) is 11.3. The normalized spacial score (nSPS) is 11.1. The smallest absolute Gasteiger partial charge is 0.199 e. The van der Waals surface area contributed by atoms with E-state index in [4.69, 9.17) is 0 Å². The summed E-state index contributed by atoms with van der Waals surface area (Å²) in [4.78, 5) is 1.64. The molecule has 0 fully saturated rings. The fraction of sp³-hybridized carbons (Fsp3) is 0.684. The molecule has 0 spiro atoms. The van der Waals surface area contributed by atoms with Crippen LogP contribution in [0.15, 0.2) is 6.07 Å². The molecule has 0 N–H and O–H groups in total. The highest BCUT2D eigenvalue weighted by molar-refractivity contribution is 5.48. The largest absolute Gasteiger partial charge is 0.369 e. The third-order valence-corrected chi connectivity index (χ3v) is 4.24. The molecule has 138 valence electrons. The molecular formula is C19H29F4N. The molecule has 1 rings (SSSR count). The lowest BCUT2D eigenvalue weighted by molar-refractivity contribution is 0.408. The van der Waals surface area contributed by atoms with E-state index in [-0.39, 0.29) is 5.69 Å². The summed E-state index contributed by atoms with van der Waals surface area (Å²) in [7, 11) is 0. The summed E-state index contributed by atoms with van der Waals surface area (Å²) in [6.07, 6.45) is 9.45. The van der Waals surface area contributed by atoms with Gasteiger partial charge in [0.15, 0.2) is 23.3 Å². The van der Waals surface area contributed by atoms with Gasteiger partial charge in [-0.3, -0.25) is 0 Å². The molecule has 0 bridgehead atoms. The topological polar surface area (TPSA) is 3.24 Å². The van der Waals surface area contributed by atoms with E-state index in [1.54, 1.807) is 4.90 Å². The van der Waals surface area contributed by atoms with Gasteiger partial charge in [-0.2, -0.15) is 0 Å². The Morgan fingerprint density at radius 2 is 1.21 bits per heavy atom. The third-order valence-electron chi connectivity index (χ3n) is 4.24. The highest BCUT2D eigenvalue weighted by Gasteiger charge is 2.22. The van der Waals surface area contributed by atoms with E-state index >= 15 is 0 Å². The zero-order valence-electron chi connectivity index (χ0n) is 14.8. The van der Waals surface area contributed by atoms with Gasteiger partial charge >= 0.3 is 0 Å². The van der Waals surface area contributed by atoms with Gasteiger partial charge in [-0.05, 0) is 12.8 Å². The molecule has 0 radical (unpaired) electrons. The van der Waals surface area contributed by atoms with Gasteiger partial charge < -0.3 is 4.90 Å². The van der Waals surface area contributed by atoms with E-state index in [9.17, 15) is 17.6 Å². The molecule has 0 heterocycles. The molecule has 0 amide bonds. The average molecular weight is 347 g/mol. The van der Waals surface area contributed by atoms with Crippen molar-refractivity contribution in [3.05, 3.63) is 29.3 Å². The van der Waals surface area contributed by atoms with Crippen LogP contribution in [0.4, 0.5) is 23.2 Å². The van der Waals surface area contributed by atoms with E-state index < -0.39 is 23.3 Å². The van der Waals surface area contributed by atoms with Gasteiger partial charge in [-0.15, -0.1) is 0 Å². The van der Waals surface area contributed by atoms with Crippen LogP contribution in [0.2, 0.25) is 0 Å². The Labute approximate surface area is 143 Å². The molecular weight excluding hydrogens is 318 g/mol. The minimum Gasteiger partial charge on any atom is -0.369 e. The first-order valence-electron chi connectivity index (χ1n) is 9.10. The molecule has 0 aliphatic carbocycles. The van der Waals surface area contributed by atoms with E-state index in [0.717, 1.165) is 38.2 Å². The summed E-state index contributed by atoms with van der Waals surface area (Å²) in [6, 6.07) is 0.769. The van der Waals surface area contributed by atoms with Crippen molar-refractivity contribution in [2.45, 2.75) is 71.6 Å². The number of hydrogen-bond acceptors (Lipinski definition) is 1. The maximum atomic E-state index is 14.0. The Morgan fingerprint density at radius 1 is 0.667 bits per heavy atom. The number of benzene rings is 1. The van der Waals surface area contributed by atoms with Crippen molar-refractivity contribution < 1.29 is 17.6 Å². The summed E-state index contributed by atoms with van der Waals surface area (Å²) < 4.78 is 54.1. The van der Waals surface area contributed by atoms with Crippen LogP contribution in [0.25, 0.3) is 0 Å². The SMILES string of the molecule is CCCCCCCCCN(CCCC)c1cc(F)c(F)c(F)c1F. The number of nitrogens with zero attached hydrogens (tertiary/aromatic N) is 1. The van der Waals surface area contributed by atoms with E-state index in [1.807, 2.05) is 6.92 Å². The van der Waals surface area contributed by atoms with Crippen LogP contribution in [-0.2, 0) is 0 Å². The predicted molar refractivity (Wildman–Crippen MR) is 91.4 cm³/mol. The highest BCUT2D eigenvalue weighted by atomic mass is 19.2. The molecule has 0 aliphatic heterocycles. The van der Waals surface area contributed by atoms with Crippen LogP contribution in [0.1, 0.15) is 71.6 Å². The van der Waals surface area contributed by atoms with Gasteiger partial charge in [-0.25, -0.2) is 17.6 Å². The molecule has 0 saturated carbocycles. The van der Waals surface area contributed by atoms with Crippen LogP contribution in [0.3, 0.4) is 0 Å². The molecule has 1 aromatic carbocycles. The Morgan fingerprint density at radius 3 is 1.83 bits per heavy atom. The quantitative estimate of drug-likeness (QED) is 0.178. The van der Waals surface area contributed by atoms with E-state index in [0.29, 0.717) is 13.1 Å². The molecule has 24 heavy (non-hydrogen) atoms. The van der Waals surface area contributed by atoms with Gasteiger partial charge in [0.25, 0.3) is 0 Å². The van der Waals surface area contributed by atoms with E-state index in [1.165, 1.54) is 25.7 Å². The molecule has 5 heteroatoms. The fourth-order valence-electron chi connectivity index (χ4n) is 2.75. The lowest BCUT2D eigenvalue weighted by Gasteiger charge is -2.25. The van der Waals surface area contributed by atoms with Crippen molar-refractivity contribution in [2.75, 3.05) is 18.0 Å².